The first-order chi connectivity index (χ1) is 18.0. The number of aryl methyl sites for hydroxylation is 2. The Labute approximate surface area is 219 Å². The van der Waals surface area contributed by atoms with Crippen LogP contribution in [0.25, 0.3) is 16.7 Å². The molecule has 198 valence electrons. The molecule has 38 heavy (non-hydrogen) atoms. The molecule has 0 saturated carbocycles. The van der Waals surface area contributed by atoms with Crippen molar-refractivity contribution in [1.82, 2.24) is 24.3 Å². The van der Waals surface area contributed by atoms with E-state index in [1.807, 2.05) is 33.8 Å². The van der Waals surface area contributed by atoms with Gasteiger partial charge in [0, 0.05) is 50.8 Å². The van der Waals surface area contributed by atoms with Gasteiger partial charge in [0.25, 0.3) is 5.91 Å². The number of hydrogen-bond acceptors (Lipinski definition) is 7. The van der Waals surface area contributed by atoms with E-state index in [4.69, 9.17) is 4.74 Å². The van der Waals surface area contributed by atoms with Crippen LogP contribution in [0, 0.1) is 19.7 Å². The summed E-state index contributed by atoms with van der Waals surface area (Å²) in [5, 5.41) is 2.78. The van der Waals surface area contributed by atoms with Crippen molar-refractivity contribution in [2.45, 2.75) is 40.2 Å². The Morgan fingerprint density at radius 1 is 1.00 bits per heavy atom. The molecule has 1 N–H and O–H groups in total. The van der Waals surface area contributed by atoms with E-state index in [-0.39, 0.29) is 11.7 Å². The van der Waals surface area contributed by atoms with Gasteiger partial charge in [-0.15, -0.1) is 0 Å². The summed E-state index contributed by atoms with van der Waals surface area (Å²) in [5.41, 5.74) is 3.48. The zero-order valence-corrected chi connectivity index (χ0v) is 22.1. The average molecular weight is 520 g/mol. The Hall–Kier alpha value is -4.28. The molecule has 4 aromatic rings. The van der Waals surface area contributed by atoms with E-state index < -0.39 is 17.3 Å². The van der Waals surface area contributed by atoms with Crippen LogP contribution in [-0.2, 0) is 4.74 Å². The van der Waals surface area contributed by atoms with Crippen molar-refractivity contribution < 1.29 is 18.7 Å². The molecule has 0 radical (unpaired) electrons. The maximum Gasteiger partial charge on any atom is 0.410 e. The largest absolute Gasteiger partial charge is 0.444 e. The molecule has 2 amide bonds. The van der Waals surface area contributed by atoms with Gasteiger partial charge in [-0.3, -0.25) is 9.78 Å². The number of carbonyl (C=O) groups excluding carboxylic acids is 2. The number of piperazine rings is 1. The van der Waals surface area contributed by atoms with Crippen molar-refractivity contribution in [1.29, 1.82) is 0 Å². The first kappa shape index (κ1) is 25.4. The molecule has 1 saturated heterocycles. The fourth-order valence-corrected chi connectivity index (χ4v) is 4.51. The maximum absolute atomic E-state index is 14.5. The van der Waals surface area contributed by atoms with E-state index >= 15 is 0 Å². The molecule has 0 spiro atoms. The van der Waals surface area contributed by atoms with Crippen molar-refractivity contribution in [2.75, 3.05) is 36.4 Å². The van der Waals surface area contributed by atoms with Gasteiger partial charge in [-0.05, 0) is 46.8 Å². The van der Waals surface area contributed by atoms with Gasteiger partial charge in [0.2, 0.25) is 0 Å². The monoisotopic (exact) mass is 519 g/mol. The topological polar surface area (TPSA) is 105 Å². The van der Waals surface area contributed by atoms with Crippen LogP contribution in [0.15, 0.2) is 36.8 Å². The summed E-state index contributed by atoms with van der Waals surface area (Å²) in [7, 11) is 0. The molecule has 4 heterocycles. The molecule has 1 aliphatic heterocycles. The highest BCUT2D eigenvalue weighted by atomic mass is 19.1. The van der Waals surface area contributed by atoms with Crippen molar-refractivity contribution in [2.24, 2.45) is 0 Å². The molecular weight excluding hydrogens is 489 g/mol. The molecule has 0 aliphatic carbocycles. The van der Waals surface area contributed by atoms with Gasteiger partial charge in [-0.2, -0.15) is 0 Å². The summed E-state index contributed by atoms with van der Waals surface area (Å²) in [5.74, 6) is -0.955. The summed E-state index contributed by atoms with van der Waals surface area (Å²) in [6, 6.07) is 4.79. The highest BCUT2D eigenvalue weighted by molar-refractivity contribution is 6.13. The average Bonchev–Trinajstić information content (AvgIpc) is 3.23. The third-order valence-electron chi connectivity index (χ3n) is 6.20. The Kier molecular flexibility index (Phi) is 6.38. The van der Waals surface area contributed by atoms with E-state index in [1.54, 1.807) is 40.9 Å². The summed E-state index contributed by atoms with van der Waals surface area (Å²) >= 11 is 0. The number of imidazole rings is 1. The van der Waals surface area contributed by atoms with Crippen molar-refractivity contribution in [3.8, 4) is 0 Å². The predicted molar refractivity (Wildman–Crippen MR) is 142 cm³/mol. The van der Waals surface area contributed by atoms with Crippen LogP contribution in [0.2, 0.25) is 0 Å². The van der Waals surface area contributed by atoms with E-state index in [2.05, 4.69) is 25.2 Å². The van der Waals surface area contributed by atoms with Crippen LogP contribution in [0.4, 0.5) is 20.6 Å². The van der Waals surface area contributed by atoms with E-state index in [0.29, 0.717) is 59.9 Å². The Bertz CT molecular complexity index is 1550. The number of carbonyl (C=O) groups is 2. The zero-order chi connectivity index (χ0) is 27.2. The summed E-state index contributed by atoms with van der Waals surface area (Å²) in [6.45, 7) is 11.3. The highest BCUT2D eigenvalue weighted by Gasteiger charge is 2.27. The minimum atomic E-state index is -0.552. The number of ether oxygens (including phenoxy) is 1. The highest BCUT2D eigenvalue weighted by Crippen LogP contribution is 2.29. The number of amides is 2. The van der Waals surface area contributed by atoms with Crippen LogP contribution >= 0.6 is 0 Å². The summed E-state index contributed by atoms with van der Waals surface area (Å²) in [4.78, 5) is 43.0. The number of rotatable bonds is 3. The minimum absolute atomic E-state index is 0.198. The van der Waals surface area contributed by atoms with E-state index in [1.165, 1.54) is 6.07 Å². The van der Waals surface area contributed by atoms with Crippen LogP contribution in [0.3, 0.4) is 0 Å². The number of hydrogen-bond donors (Lipinski definition) is 1. The molecule has 1 aliphatic rings. The second kappa shape index (κ2) is 9.55. The smallest absolute Gasteiger partial charge is 0.410 e. The number of benzene rings is 1. The van der Waals surface area contributed by atoms with Gasteiger partial charge < -0.3 is 24.3 Å². The SMILES string of the molecule is Cc1cnc2c(N3CCN(C(=O)OC(C)(C)C)CC3)ccc(C(=O)Nc3cc(F)c4nc(C)cn4c3)c2n1. The normalized spacial score (nSPS) is 14.3. The Morgan fingerprint density at radius 2 is 1.74 bits per heavy atom. The number of nitrogens with zero attached hydrogens (tertiary/aromatic N) is 6. The van der Waals surface area contributed by atoms with Gasteiger partial charge in [0.15, 0.2) is 11.5 Å². The predicted octanol–water partition coefficient (Wildman–Crippen LogP) is 4.34. The van der Waals surface area contributed by atoms with Gasteiger partial charge in [-0.1, -0.05) is 0 Å². The molecule has 11 heteroatoms. The number of pyridine rings is 1. The standard InChI is InChI=1S/C27H30FN7O3/c1-16-13-29-23-21(33-8-10-34(11-9-33)26(37)38-27(3,4)5)7-6-19(22(23)30-16)25(36)32-18-12-20(28)24-31-17(2)14-35(24)15-18/h6-7,12-15H,8-11H2,1-5H3,(H,32,36). The lowest BCUT2D eigenvalue weighted by Gasteiger charge is -2.37. The molecule has 3 aromatic heterocycles. The van der Waals surface area contributed by atoms with Crippen LogP contribution in [0.5, 0.6) is 0 Å². The van der Waals surface area contributed by atoms with Crippen LogP contribution < -0.4 is 10.2 Å². The van der Waals surface area contributed by atoms with Gasteiger partial charge in [0.05, 0.1) is 28.3 Å². The third-order valence-corrected chi connectivity index (χ3v) is 6.20. The molecule has 0 atom stereocenters. The lowest BCUT2D eigenvalue weighted by molar-refractivity contribution is 0.0240. The first-order valence-electron chi connectivity index (χ1n) is 12.4. The minimum Gasteiger partial charge on any atom is -0.444 e. The Balaban J connectivity index is 1.40. The number of aromatic nitrogens is 4. The maximum atomic E-state index is 14.5. The Morgan fingerprint density at radius 3 is 2.45 bits per heavy atom. The molecule has 1 fully saturated rings. The summed E-state index contributed by atoms with van der Waals surface area (Å²) in [6.07, 6.45) is 4.64. The van der Waals surface area contributed by atoms with E-state index in [0.717, 1.165) is 5.69 Å². The lowest BCUT2D eigenvalue weighted by atomic mass is 10.1. The molecule has 1 aromatic carbocycles. The number of nitrogens with one attached hydrogen (secondary N) is 1. The molecule has 5 rings (SSSR count). The first-order valence-corrected chi connectivity index (χ1v) is 12.4. The second-order valence-corrected chi connectivity index (χ2v) is 10.4. The van der Waals surface area contributed by atoms with Crippen molar-refractivity contribution in [3.05, 3.63) is 59.6 Å². The fraction of sp³-hybridized carbons (Fsp3) is 0.370. The quantitative estimate of drug-likeness (QED) is 0.429. The lowest BCUT2D eigenvalue weighted by Crippen LogP contribution is -2.50. The molecule has 0 bridgehead atoms. The molecule has 0 unspecified atom stereocenters. The van der Waals surface area contributed by atoms with Crippen molar-refractivity contribution in [3.63, 3.8) is 0 Å². The van der Waals surface area contributed by atoms with Crippen LogP contribution in [-0.4, -0.2) is 68.0 Å². The van der Waals surface area contributed by atoms with Crippen molar-refractivity contribution >= 4 is 40.1 Å². The van der Waals surface area contributed by atoms with Gasteiger partial charge in [-0.25, -0.2) is 19.2 Å². The second-order valence-electron chi connectivity index (χ2n) is 10.4. The molecule has 10 nitrogen and oxygen atoms in total. The van der Waals surface area contributed by atoms with Crippen LogP contribution in [0.1, 0.15) is 42.5 Å². The van der Waals surface area contributed by atoms with Gasteiger partial charge >= 0.3 is 6.09 Å². The zero-order valence-electron chi connectivity index (χ0n) is 22.1. The van der Waals surface area contributed by atoms with Gasteiger partial charge in [0.1, 0.15) is 16.6 Å². The number of halogens is 1. The number of anilines is 2. The molecular formula is C27H30FN7O3. The third kappa shape index (κ3) is 5.09. The van der Waals surface area contributed by atoms with E-state index in [9.17, 15) is 14.0 Å². The number of fused-ring (bicyclic) bond motifs is 2. The fourth-order valence-electron chi connectivity index (χ4n) is 4.51. The summed E-state index contributed by atoms with van der Waals surface area (Å²) < 4.78 is 21.6.